The molecular weight excluding hydrogens is 300 g/mol. The molecule has 2 aromatic carbocycles. The molecule has 4 nitrogen and oxygen atoms in total. The van der Waals surface area contributed by atoms with Crippen LogP contribution in [0.5, 0.6) is 0 Å². The Hall–Kier alpha value is -2.04. The zero-order valence-corrected chi connectivity index (χ0v) is 13.2. The molecule has 0 aliphatic rings. The average molecular weight is 319 g/mol. The van der Waals surface area contributed by atoms with E-state index in [-0.39, 0.29) is 6.03 Å². The van der Waals surface area contributed by atoms with Gasteiger partial charge >= 0.3 is 6.03 Å². The van der Waals surface area contributed by atoms with Crippen LogP contribution in [0.2, 0.25) is 5.02 Å². The van der Waals surface area contributed by atoms with Gasteiger partial charge in [0.05, 0.1) is 6.61 Å². The Labute approximate surface area is 135 Å². The van der Waals surface area contributed by atoms with Gasteiger partial charge in [-0.3, -0.25) is 0 Å². The Balaban J connectivity index is 1.83. The van der Waals surface area contributed by atoms with Gasteiger partial charge in [-0.05, 0) is 28.8 Å². The molecular formula is C17H19ClN2O2. The molecule has 0 aromatic heterocycles. The van der Waals surface area contributed by atoms with Gasteiger partial charge in [0.15, 0.2) is 0 Å². The number of nitrogens with one attached hydrogen (secondary N) is 2. The zero-order chi connectivity index (χ0) is 15.8. The van der Waals surface area contributed by atoms with Crippen LogP contribution in [-0.4, -0.2) is 13.1 Å². The Morgan fingerprint density at radius 3 is 2.50 bits per heavy atom. The molecule has 0 saturated carbocycles. The molecule has 2 rings (SSSR count). The van der Waals surface area contributed by atoms with Crippen molar-refractivity contribution in [1.82, 2.24) is 10.6 Å². The summed E-state index contributed by atoms with van der Waals surface area (Å²) in [4.78, 5) is 11.9. The lowest BCUT2D eigenvalue weighted by molar-refractivity contribution is 0.184. The van der Waals surface area contributed by atoms with Gasteiger partial charge in [-0.1, -0.05) is 48.0 Å². The van der Waals surface area contributed by atoms with Crippen molar-refractivity contribution in [2.75, 3.05) is 7.11 Å². The quantitative estimate of drug-likeness (QED) is 0.856. The largest absolute Gasteiger partial charge is 0.380 e. The molecule has 0 fully saturated rings. The van der Waals surface area contributed by atoms with Crippen molar-refractivity contribution in [2.24, 2.45) is 0 Å². The number of urea groups is 1. The van der Waals surface area contributed by atoms with E-state index in [0.29, 0.717) is 24.7 Å². The summed E-state index contributed by atoms with van der Waals surface area (Å²) in [6.45, 7) is 1.43. The van der Waals surface area contributed by atoms with E-state index in [1.54, 1.807) is 13.2 Å². The summed E-state index contributed by atoms with van der Waals surface area (Å²) in [5.74, 6) is 0. The molecule has 0 aliphatic carbocycles. The molecule has 22 heavy (non-hydrogen) atoms. The highest BCUT2D eigenvalue weighted by Gasteiger charge is 2.04. The third kappa shape index (κ3) is 5.06. The third-order valence-corrected chi connectivity index (χ3v) is 3.43. The first kappa shape index (κ1) is 16.3. The second-order valence-electron chi connectivity index (χ2n) is 4.87. The van der Waals surface area contributed by atoms with E-state index < -0.39 is 0 Å². The lowest BCUT2D eigenvalue weighted by Gasteiger charge is -2.11. The predicted octanol–water partition coefficient (Wildman–Crippen LogP) is 3.49. The van der Waals surface area contributed by atoms with E-state index in [0.717, 1.165) is 16.7 Å². The van der Waals surface area contributed by atoms with Gasteiger partial charge in [-0.25, -0.2) is 4.79 Å². The van der Waals surface area contributed by atoms with Gasteiger partial charge in [0, 0.05) is 25.2 Å². The molecule has 0 bridgehead atoms. The van der Waals surface area contributed by atoms with Crippen molar-refractivity contribution in [2.45, 2.75) is 19.7 Å². The second kappa shape index (κ2) is 8.41. The number of hydrogen-bond acceptors (Lipinski definition) is 2. The maximum atomic E-state index is 11.9. The van der Waals surface area contributed by atoms with Gasteiger partial charge in [0.2, 0.25) is 0 Å². The SMILES string of the molecule is COCc1ccccc1CNC(=O)NCc1cccc(Cl)c1. The molecule has 0 atom stereocenters. The molecule has 0 saturated heterocycles. The number of carbonyl (C=O) groups is 1. The Bertz CT molecular complexity index is 632. The van der Waals surface area contributed by atoms with Crippen LogP contribution < -0.4 is 10.6 Å². The molecule has 5 heteroatoms. The first-order chi connectivity index (χ1) is 10.7. The van der Waals surface area contributed by atoms with Crippen molar-refractivity contribution in [3.63, 3.8) is 0 Å². The molecule has 116 valence electrons. The lowest BCUT2D eigenvalue weighted by Crippen LogP contribution is -2.34. The lowest BCUT2D eigenvalue weighted by atomic mass is 10.1. The van der Waals surface area contributed by atoms with Crippen LogP contribution in [0.1, 0.15) is 16.7 Å². The van der Waals surface area contributed by atoms with E-state index in [1.807, 2.05) is 42.5 Å². The van der Waals surface area contributed by atoms with Crippen molar-refractivity contribution in [1.29, 1.82) is 0 Å². The first-order valence-corrected chi connectivity index (χ1v) is 7.38. The monoisotopic (exact) mass is 318 g/mol. The minimum absolute atomic E-state index is 0.216. The fourth-order valence-electron chi connectivity index (χ4n) is 2.09. The second-order valence-corrected chi connectivity index (χ2v) is 5.30. The van der Waals surface area contributed by atoms with Crippen LogP contribution in [0.25, 0.3) is 0 Å². The van der Waals surface area contributed by atoms with E-state index in [9.17, 15) is 4.79 Å². The standard InChI is InChI=1S/C17H19ClN2O2/c1-22-12-15-7-3-2-6-14(15)11-20-17(21)19-10-13-5-4-8-16(18)9-13/h2-9H,10-12H2,1H3,(H2,19,20,21). The van der Waals surface area contributed by atoms with Crippen LogP contribution in [-0.2, 0) is 24.4 Å². The van der Waals surface area contributed by atoms with Gasteiger partial charge in [0.25, 0.3) is 0 Å². The molecule has 0 heterocycles. The molecule has 2 aromatic rings. The fourth-order valence-corrected chi connectivity index (χ4v) is 2.31. The zero-order valence-electron chi connectivity index (χ0n) is 12.4. The highest BCUT2D eigenvalue weighted by molar-refractivity contribution is 6.30. The number of carbonyl (C=O) groups excluding carboxylic acids is 1. The van der Waals surface area contributed by atoms with Crippen LogP contribution in [0.4, 0.5) is 4.79 Å². The summed E-state index contributed by atoms with van der Waals surface area (Å²) >= 11 is 5.91. The minimum atomic E-state index is -0.216. The van der Waals surface area contributed by atoms with Gasteiger partial charge in [0.1, 0.15) is 0 Å². The number of methoxy groups -OCH3 is 1. The average Bonchev–Trinajstić information content (AvgIpc) is 2.52. The minimum Gasteiger partial charge on any atom is -0.380 e. The predicted molar refractivity (Wildman–Crippen MR) is 87.7 cm³/mol. The number of halogens is 1. The molecule has 2 N–H and O–H groups in total. The maximum Gasteiger partial charge on any atom is 0.315 e. The normalized spacial score (nSPS) is 10.3. The van der Waals surface area contributed by atoms with E-state index in [2.05, 4.69) is 10.6 Å². The summed E-state index contributed by atoms with van der Waals surface area (Å²) in [5.41, 5.74) is 3.07. The Kier molecular flexibility index (Phi) is 6.25. The number of benzene rings is 2. The molecule has 0 spiro atoms. The van der Waals surface area contributed by atoms with Crippen molar-refractivity contribution in [3.05, 3.63) is 70.2 Å². The van der Waals surface area contributed by atoms with Crippen molar-refractivity contribution < 1.29 is 9.53 Å². The van der Waals surface area contributed by atoms with Crippen LogP contribution in [0.3, 0.4) is 0 Å². The van der Waals surface area contributed by atoms with E-state index in [4.69, 9.17) is 16.3 Å². The topological polar surface area (TPSA) is 50.4 Å². The number of hydrogen-bond donors (Lipinski definition) is 2. The van der Waals surface area contributed by atoms with Crippen molar-refractivity contribution in [3.8, 4) is 0 Å². The first-order valence-electron chi connectivity index (χ1n) is 7.01. The van der Waals surface area contributed by atoms with Crippen LogP contribution in [0.15, 0.2) is 48.5 Å². The van der Waals surface area contributed by atoms with Crippen LogP contribution >= 0.6 is 11.6 Å². The Morgan fingerprint density at radius 2 is 1.77 bits per heavy atom. The smallest absolute Gasteiger partial charge is 0.315 e. The highest BCUT2D eigenvalue weighted by Crippen LogP contribution is 2.11. The summed E-state index contributed by atoms with van der Waals surface area (Å²) in [6.07, 6.45) is 0. The summed E-state index contributed by atoms with van der Waals surface area (Å²) in [5, 5.41) is 6.31. The Morgan fingerprint density at radius 1 is 1.05 bits per heavy atom. The van der Waals surface area contributed by atoms with E-state index in [1.165, 1.54) is 0 Å². The number of ether oxygens (including phenoxy) is 1. The third-order valence-electron chi connectivity index (χ3n) is 3.20. The maximum absolute atomic E-state index is 11.9. The molecule has 0 unspecified atom stereocenters. The molecule has 2 amide bonds. The van der Waals surface area contributed by atoms with Gasteiger partial charge < -0.3 is 15.4 Å². The summed E-state index contributed by atoms with van der Waals surface area (Å²) < 4.78 is 5.15. The highest BCUT2D eigenvalue weighted by atomic mass is 35.5. The van der Waals surface area contributed by atoms with E-state index >= 15 is 0 Å². The van der Waals surface area contributed by atoms with Gasteiger partial charge in [-0.2, -0.15) is 0 Å². The van der Waals surface area contributed by atoms with Crippen molar-refractivity contribution >= 4 is 17.6 Å². The summed E-state index contributed by atoms with van der Waals surface area (Å²) in [7, 11) is 1.65. The molecule has 0 aliphatic heterocycles. The fraction of sp³-hybridized carbons (Fsp3) is 0.235. The molecule has 0 radical (unpaired) electrons. The number of amides is 2. The van der Waals surface area contributed by atoms with Crippen LogP contribution in [0, 0.1) is 0 Å². The van der Waals surface area contributed by atoms with Gasteiger partial charge in [-0.15, -0.1) is 0 Å². The number of rotatable bonds is 6. The summed E-state index contributed by atoms with van der Waals surface area (Å²) in [6, 6.07) is 15.1.